The lowest BCUT2D eigenvalue weighted by molar-refractivity contribution is 0.162. The Morgan fingerprint density at radius 3 is 2.46 bits per heavy atom. The fourth-order valence-electron chi connectivity index (χ4n) is 3.25. The summed E-state index contributed by atoms with van der Waals surface area (Å²) in [5, 5.41) is 0. The van der Waals surface area contributed by atoms with Crippen molar-refractivity contribution in [2.24, 2.45) is 11.8 Å². The minimum atomic E-state index is -0.863. The predicted molar refractivity (Wildman–Crippen MR) is 107 cm³/mol. The molecule has 138 valence electrons. The van der Waals surface area contributed by atoms with E-state index in [2.05, 4.69) is 30.9 Å². The van der Waals surface area contributed by atoms with Crippen molar-refractivity contribution in [3.8, 4) is 0 Å². The predicted octanol–water partition coefficient (Wildman–Crippen LogP) is 5.14. The van der Waals surface area contributed by atoms with Gasteiger partial charge in [0.15, 0.2) is 0 Å². The van der Waals surface area contributed by atoms with E-state index < -0.39 is 10.8 Å². The number of nitrogens with zero attached hydrogens (tertiary/aromatic N) is 1. The molecule has 2 rings (SSSR count). The lowest BCUT2D eigenvalue weighted by Gasteiger charge is -2.33. The summed E-state index contributed by atoms with van der Waals surface area (Å²) in [6.45, 7) is 12.5. The third-order valence-electron chi connectivity index (χ3n) is 4.72. The lowest BCUT2D eigenvalue weighted by Crippen LogP contribution is -2.36. The average molecular weight is 352 g/mol. The molecule has 3 heteroatoms. The lowest BCUT2D eigenvalue weighted by atomic mass is 9.91. The summed E-state index contributed by atoms with van der Waals surface area (Å²) in [4.78, 5) is 3.60. The first-order valence-corrected chi connectivity index (χ1v) is 11.2. The van der Waals surface area contributed by atoms with Crippen molar-refractivity contribution in [1.29, 1.82) is 0 Å². The molecule has 0 N–H and O–H groups in total. The van der Waals surface area contributed by atoms with Gasteiger partial charge in [-0.3, -0.25) is 4.21 Å². The molecule has 24 heavy (non-hydrogen) atoms. The van der Waals surface area contributed by atoms with Gasteiger partial charge in [0.05, 0.1) is 0 Å². The van der Waals surface area contributed by atoms with Gasteiger partial charge in [-0.05, 0) is 74.7 Å². The minimum absolute atomic E-state index is 0.808. The van der Waals surface area contributed by atoms with Crippen LogP contribution in [-0.4, -0.2) is 35.0 Å². The molecule has 1 heterocycles. The molecule has 1 aliphatic rings. The zero-order chi connectivity index (χ0) is 17.9. The maximum absolute atomic E-state index is 11.4. The number of hydrogen-bond donors (Lipinski definition) is 0. The van der Waals surface area contributed by atoms with E-state index in [1.165, 1.54) is 50.9 Å². The zero-order valence-electron chi connectivity index (χ0n) is 16.4. The molecular weight excluding hydrogens is 314 g/mol. The van der Waals surface area contributed by atoms with Gasteiger partial charge in [0.25, 0.3) is 0 Å². The SMILES string of the molecule is CC.CC(C)CCN1CCCC(CCc2ccc(S(C)=O)cc2)C1. The Hall–Kier alpha value is -0.670. The molecule has 1 aliphatic heterocycles. The van der Waals surface area contributed by atoms with Crippen molar-refractivity contribution in [3.63, 3.8) is 0 Å². The van der Waals surface area contributed by atoms with E-state index in [1.807, 2.05) is 26.0 Å². The first kappa shape index (κ1) is 21.4. The highest BCUT2D eigenvalue weighted by molar-refractivity contribution is 7.84. The zero-order valence-corrected chi connectivity index (χ0v) is 17.2. The summed E-state index contributed by atoms with van der Waals surface area (Å²) in [7, 11) is -0.863. The standard InChI is InChI=1S/C19H31NOS.C2H6/c1-16(2)12-14-20-13-4-5-18(15-20)7-6-17-8-10-19(11-9-17)22(3)21;1-2/h8-11,16,18H,4-7,12-15H2,1-3H3;1-2H3. The Balaban J connectivity index is 0.00000139. The largest absolute Gasteiger partial charge is 0.303 e. The minimum Gasteiger partial charge on any atom is -0.303 e. The molecule has 1 aromatic rings. The first-order chi connectivity index (χ1) is 11.5. The van der Waals surface area contributed by atoms with Crippen LogP contribution in [0.15, 0.2) is 29.2 Å². The van der Waals surface area contributed by atoms with Crippen LogP contribution in [0, 0.1) is 11.8 Å². The molecule has 2 nitrogen and oxygen atoms in total. The van der Waals surface area contributed by atoms with E-state index in [9.17, 15) is 4.21 Å². The van der Waals surface area contributed by atoms with Crippen LogP contribution >= 0.6 is 0 Å². The fourth-order valence-corrected chi connectivity index (χ4v) is 3.77. The summed E-state index contributed by atoms with van der Waals surface area (Å²) in [5.74, 6) is 1.66. The van der Waals surface area contributed by atoms with Gasteiger partial charge >= 0.3 is 0 Å². The van der Waals surface area contributed by atoms with Crippen LogP contribution in [0.3, 0.4) is 0 Å². The number of aryl methyl sites for hydroxylation is 1. The van der Waals surface area contributed by atoms with E-state index in [0.29, 0.717) is 0 Å². The summed E-state index contributed by atoms with van der Waals surface area (Å²) in [6.07, 6.45) is 8.24. The number of likely N-dealkylation sites (tertiary alicyclic amines) is 1. The number of piperidine rings is 1. The summed E-state index contributed by atoms with van der Waals surface area (Å²) < 4.78 is 11.4. The van der Waals surface area contributed by atoms with Crippen molar-refractivity contribution in [1.82, 2.24) is 4.90 Å². The molecule has 0 radical (unpaired) electrons. The number of benzene rings is 1. The maximum atomic E-state index is 11.4. The Morgan fingerprint density at radius 1 is 1.21 bits per heavy atom. The molecule has 0 saturated carbocycles. The van der Waals surface area contributed by atoms with Gasteiger partial charge in [0.2, 0.25) is 0 Å². The van der Waals surface area contributed by atoms with Crippen LogP contribution < -0.4 is 0 Å². The third-order valence-corrected chi connectivity index (χ3v) is 5.66. The van der Waals surface area contributed by atoms with E-state index in [0.717, 1.165) is 23.2 Å². The van der Waals surface area contributed by atoms with E-state index in [-0.39, 0.29) is 0 Å². The van der Waals surface area contributed by atoms with Crippen molar-refractivity contribution in [3.05, 3.63) is 29.8 Å². The molecule has 0 bridgehead atoms. The van der Waals surface area contributed by atoms with Crippen molar-refractivity contribution < 1.29 is 4.21 Å². The molecule has 1 saturated heterocycles. The number of hydrogen-bond acceptors (Lipinski definition) is 2. The van der Waals surface area contributed by atoms with Gasteiger partial charge in [-0.1, -0.05) is 39.8 Å². The first-order valence-electron chi connectivity index (χ1n) is 9.69. The van der Waals surface area contributed by atoms with Crippen LogP contribution in [-0.2, 0) is 17.2 Å². The Bertz CT molecular complexity index is 469. The van der Waals surface area contributed by atoms with Gasteiger partial charge < -0.3 is 4.90 Å². The smallest absolute Gasteiger partial charge is 0.0498 e. The van der Waals surface area contributed by atoms with Crippen LogP contribution in [0.5, 0.6) is 0 Å². The second kappa shape index (κ2) is 11.8. The molecule has 2 atom stereocenters. The fraction of sp³-hybridized carbons (Fsp3) is 0.714. The Morgan fingerprint density at radius 2 is 1.88 bits per heavy atom. The summed E-state index contributed by atoms with van der Waals surface area (Å²) >= 11 is 0. The Labute approximate surface area is 152 Å². The highest BCUT2D eigenvalue weighted by atomic mass is 32.2. The molecule has 1 fully saturated rings. The summed E-state index contributed by atoms with van der Waals surface area (Å²) in [6, 6.07) is 8.33. The Kier molecular flexibility index (Phi) is 10.5. The molecule has 0 spiro atoms. The molecule has 0 aliphatic carbocycles. The molecular formula is C21H37NOS. The van der Waals surface area contributed by atoms with Gasteiger partial charge in [0, 0.05) is 28.5 Å². The molecule has 0 aromatic heterocycles. The van der Waals surface area contributed by atoms with Gasteiger partial charge in [-0.15, -0.1) is 0 Å². The van der Waals surface area contributed by atoms with E-state index >= 15 is 0 Å². The highest BCUT2D eigenvalue weighted by Crippen LogP contribution is 2.22. The summed E-state index contributed by atoms with van der Waals surface area (Å²) in [5.41, 5.74) is 1.38. The topological polar surface area (TPSA) is 20.3 Å². The van der Waals surface area contributed by atoms with E-state index in [1.54, 1.807) is 6.26 Å². The average Bonchev–Trinajstić information content (AvgIpc) is 2.60. The molecule has 2 unspecified atom stereocenters. The van der Waals surface area contributed by atoms with Crippen LogP contribution in [0.1, 0.15) is 58.9 Å². The van der Waals surface area contributed by atoms with Crippen molar-refractivity contribution in [2.75, 3.05) is 25.9 Å². The quantitative estimate of drug-likeness (QED) is 0.678. The van der Waals surface area contributed by atoms with Crippen LogP contribution in [0.25, 0.3) is 0 Å². The molecule has 1 aromatic carbocycles. The van der Waals surface area contributed by atoms with Gasteiger partial charge in [-0.2, -0.15) is 0 Å². The second-order valence-electron chi connectivity index (χ2n) is 7.13. The third kappa shape index (κ3) is 7.94. The molecule has 0 amide bonds. The van der Waals surface area contributed by atoms with Crippen LogP contribution in [0.4, 0.5) is 0 Å². The van der Waals surface area contributed by atoms with Crippen LogP contribution in [0.2, 0.25) is 0 Å². The highest BCUT2D eigenvalue weighted by Gasteiger charge is 2.19. The normalized spacial score (nSPS) is 19.7. The van der Waals surface area contributed by atoms with Crippen molar-refractivity contribution in [2.45, 2.75) is 64.7 Å². The number of rotatable bonds is 7. The monoisotopic (exact) mass is 351 g/mol. The maximum Gasteiger partial charge on any atom is 0.0498 e. The van der Waals surface area contributed by atoms with Gasteiger partial charge in [0.1, 0.15) is 0 Å². The van der Waals surface area contributed by atoms with Gasteiger partial charge in [-0.25, -0.2) is 0 Å². The van der Waals surface area contributed by atoms with Crippen molar-refractivity contribution >= 4 is 10.8 Å². The van der Waals surface area contributed by atoms with E-state index in [4.69, 9.17) is 0 Å². The second-order valence-corrected chi connectivity index (χ2v) is 8.51.